The van der Waals surface area contributed by atoms with Crippen LogP contribution in [-0.4, -0.2) is 38.9 Å². The summed E-state index contributed by atoms with van der Waals surface area (Å²) in [4.78, 5) is 20.5. The number of carboxylic acid groups (broad SMARTS) is 2. The lowest BCUT2D eigenvalue weighted by molar-refractivity contribution is -0.158. The third kappa shape index (κ3) is 2.85. The second kappa shape index (κ2) is 3.51. The van der Waals surface area contributed by atoms with Crippen LogP contribution in [0.15, 0.2) is 0 Å². The van der Waals surface area contributed by atoms with Crippen molar-refractivity contribution in [3.8, 4) is 0 Å². The number of aliphatic carboxylic acids is 2. The topological polar surface area (TPSA) is 121 Å². The Morgan fingerprint density at radius 1 is 1.50 bits per heavy atom. The van der Waals surface area contributed by atoms with E-state index in [1.807, 2.05) is 0 Å². The van der Waals surface area contributed by atoms with Crippen molar-refractivity contribution < 1.29 is 24.9 Å². The van der Waals surface area contributed by atoms with Crippen LogP contribution >= 0.6 is 0 Å². The Kier molecular flexibility index (Phi) is 3.17. The highest BCUT2D eigenvalue weighted by molar-refractivity contribution is 5.79. The zero-order valence-corrected chi connectivity index (χ0v) is 6.52. The van der Waals surface area contributed by atoms with E-state index >= 15 is 0 Å². The molecule has 12 heavy (non-hydrogen) atoms. The molecule has 0 aromatic rings. The molecular formula is C6H11NO5. The number of nitrogens with two attached hydrogens (primary N) is 1. The summed E-state index contributed by atoms with van der Waals surface area (Å²) in [6.07, 6.45) is -0.516. The zero-order valence-electron chi connectivity index (χ0n) is 6.52. The molecule has 0 heterocycles. The zero-order chi connectivity index (χ0) is 9.94. The first-order valence-corrected chi connectivity index (χ1v) is 3.21. The SMILES string of the molecule is CC(O)(C[C@H](N)C(=O)O)C(=O)O. The largest absolute Gasteiger partial charge is 0.480 e. The van der Waals surface area contributed by atoms with Gasteiger partial charge in [-0.2, -0.15) is 0 Å². The van der Waals surface area contributed by atoms with Crippen molar-refractivity contribution in [2.24, 2.45) is 5.73 Å². The molecule has 0 saturated carbocycles. The summed E-state index contributed by atoms with van der Waals surface area (Å²) in [6, 6.07) is -1.36. The minimum absolute atomic E-state index is 0.516. The smallest absolute Gasteiger partial charge is 0.335 e. The molecular weight excluding hydrogens is 166 g/mol. The van der Waals surface area contributed by atoms with Crippen LogP contribution in [0.2, 0.25) is 0 Å². The third-order valence-corrected chi connectivity index (χ3v) is 1.40. The first-order chi connectivity index (χ1) is 5.27. The molecule has 70 valence electrons. The summed E-state index contributed by atoms with van der Waals surface area (Å²) in [7, 11) is 0. The molecule has 0 saturated heterocycles. The van der Waals surface area contributed by atoms with Gasteiger partial charge in [-0.15, -0.1) is 0 Å². The van der Waals surface area contributed by atoms with Gasteiger partial charge in [-0.1, -0.05) is 0 Å². The fraction of sp³-hybridized carbons (Fsp3) is 0.667. The van der Waals surface area contributed by atoms with E-state index in [0.717, 1.165) is 6.92 Å². The lowest BCUT2D eigenvalue weighted by Crippen LogP contribution is -2.44. The molecule has 0 bridgehead atoms. The van der Waals surface area contributed by atoms with Crippen molar-refractivity contribution in [1.82, 2.24) is 0 Å². The van der Waals surface area contributed by atoms with Crippen LogP contribution < -0.4 is 5.73 Å². The predicted molar refractivity (Wildman–Crippen MR) is 38.5 cm³/mol. The van der Waals surface area contributed by atoms with Crippen molar-refractivity contribution in [3.63, 3.8) is 0 Å². The average molecular weight is 177 g/mol. The summed E-state index contributed by atoms with van der Waals surface area (Å²) >= 11 is 0. The van der Waals surface area contributed by atoms with Gasteiger partial charge in [0, 0.05) is 6.42 Å². The van der Waals surface area contributed by atoms with Crippen LogP contribution in [0, 0.1) is 0 Å². The summed E-state index contributed by atoms with van der Waals surface area (Å²) < 4.78 is 0. The van der Waals surface area contributed by atoms with Crippen LogP contribution in [0.5, 0.6) is 0 Å². The van der Waals surface area contributed by atoms with Crippen LogP contribution in [0.3, 0.4) is 0 Å². The molecule has 5 N–H and O–H groups in total. The third-order valence-electron chi connectivity index (χ3n) is 1.40. The van der Waals surface area contributed by atoms with Gasteiger partial charge in [0.05, 0.1) is 0 Å². The van der Waals surface area contributed by atoms with Crippen molar-refractivity contribution in [2.75, 3.05) is 0 Å². The second-order valence-electron chi connectivity index (χ2n) is 2.73. The fourth-order valence-corrected chi connectivity index (χ4v) is 0.603. The Morgan fingerprint density at radius 2 is 1.92 bits per heavy atom. The predicted octanol–water partition coefficient (Wildman–Crippen LogP) is -1.38. The molecule has 2 atom stereocenters. The van der Waals surface area contributed by atoms with Gasteiger partial charge < -0.3 is 21.1 Å². The van der Waals surface area contributed by atoms with Gasteiger partial charge in [-0.05, 0) is 6.92 Å². The minimum atomic E-state index is -2.09. The van der Waals surface area contributed by atoms with E-state index in [0.29, 0.717) is 0 Å². The molecule has 0 amide bonds. The maximum absolute atomic E-state index is 10.3. The van der Waals surface area contributed by atoms with E-state index in [-0.39, 0.29) is 0 Å². The van der Waals surface area contributed by atoms with E-state index < -0.39 is 30.0 Å². The monoisotopic (exact) mass is 177 g/mol. The molecule has 1 unspecified atom stereocenters. The summed E-state index contributed by atoms with van der Waals surface area (Å²) in [5.74, 6) is -2.82. The Bertz CT molecular complexity index is 200. The Balaban J connectivity index is 4.24. The van der Waals surface area contributed by atoms with Crippen LogP contribution in [0.1, 0.15) is 13.3 Å². The lowest BCUT2D eigenvalue weighted by atomic mass is 9.98. The van der Waals surface area contributed by atoms with Gasteiger partial charge in [0.15, 0.2) is 5.60 Å². The van der Waals surface area contributed by atoms with Crippen molar-refractivity contribution in [1.29, 1.82) is 0 Å². The maximum atomic E-state index is 10.3. The highest BCUT2D eigenvalue weighted by Gasteiger charge is 2.34. The number of carboxylic acids is 2. The van der Waals surface area contributed by atoms with Gasteiger partial charge in [0.2, 0.25) is 0 Å². The summed E-state index contributed by atoms with van der Waals surface area (Å²) in [6.45, 7) is 0.998. The number of hydrogen-bond donors (Lipinski definition) is 4. The minimum Gasteiger partial charge on any atom is -0.480 e. The van der Waals surface area contributed by atoms with Gasteiger partial charge in [0.25, 0.3) is 0 Å². The molecule has 0 aliphatic heterocycles. The molecule has 0 aliphatic carbocycles. The summed E-state index contributed by atoms with van der Waals surface area (Å²) in [5.41, 5.74) is 2.93. The first-order valence-electron chi connectivity index (χ1n) is 3.21. The van der Waals surface area contributed by atoms with Crippen molar-refractivity contribution in [2.45, 2.75) is 25.0 Å². The quantitative estimate of drug-likeness (QED) is 0.420. The molecule has 0 rings (SSSR count). The summed E-state index contributed by atoms with van der Waals surface area (Å²) in [5, 5.41) is 25.7. The Morgan fingerprint density at radius 3 is 2.17 bits per heavy atom. The van der Waals surface area contributed by atoms with Crippen LogP contribution in [-0.2, 0) is 9.59 Å². The van der Waals surface area contributed by atoms with E-state index in [4.69, 9.17) is 21.1 Å². The first kappa shape index (κ1) is 10.9. The molecule has 0 aliphatic rings. The molecule has 0 radical (unpaired) electrons. The number of aliphatic hydroxyl groups is 1. The highest BCUT2D eigenvalue weighted by atomic mass is 16.4. The molecule has 0 aromatic heterocycles. The second-order valence-corrected chi connectivity index (χ2v) is 2.73. The number of rotatable bonds is 4. The van der Waals surface area contributed by atoms with E-state index in [2.05, 4.69) is 0 Å². The van der Waals surface area contributed by atoms with E-state index in [9.17, 15) is 9.59 Å². The van der Waals surface area contributed by atoms with Gasteiger partial charge >= 0.3 is 11.9 Å². The molecule has 6 heteroatoms. The van der Waals surface area contributed by atoms with Gasteiger partial charge in [-0.3, -0.25) is 4.79 Å². The maximum Gasteiger partial charge on any atom is 0.335 e. The van der Waals surface area contributed by atoms with Crippen molar-refractivity contribution in [3.05, 3.63) is 0 Å². The lowest BCUT2D eigenvalue weighted by Gasteiger charge is -2.19. The van der Waals surface area contributed by atoms with Gasteiger partial charge in [-0.25, -0.2) is 4.79 Å². The standard InChI is InChI=1S/C6H11NO5/c1-6(12,5(10)11)2-3(7)4(8)9/h3,12H,2,7H2,1H3,(H,8,9)(H,10,11)/t3-,6?/m0/s1. The molecule has 0 fully saturated rings. The number of carbonyl (C=O) groups is 2. The molecule has 6 nitrogen and oxygen atoms in total. The molecule has 0 spiro atoms. The van der Waals surface area contributed by atoms with Gasteiger partial charge in [0.1, 0.15) is 6.04 Å². The highest BCUT2D eigenvalue weighted by Crippen LogP contribution is 2.11. The Hall–Kier alpha value is -1.14. The molecule has 0 aromatic carbocycles. The normalized spacial score (nSPS) is 17.9. The fourth-order valence-electron chi connectivity index (χ4n) is 0.603. The van der Waals surface area contributed by atoms with E-state index in [1.54, 1.807) is 0 Å². The average Bonchev–Trinajstić information content (AvgIpc) is 1.85. The van der Waals surface area contributed by atoms with E-state index in [1.165, 1.54) is 0 Å². The Labute approximate surface area is 68.6 Å². The number of hydrogen-bond acceptors (Lipinski definition) is 4. The van der Waals surface area contributed by atoms with Crippen LogP contribution in [0.25, 0.3) is 0 Å². The van der Waals surface area contributed by atoms with Crippen LogP contribution in [0.4, 0.5) is 0 Å². The van der Waals surface area contributed by atoms with Crippen molar-refractivity contribution >= 4 is 11.9 Å².